The van der Waals surface area contributed by atoms with Gasteiger partial charge in [-0.15, -0.1) is 0 Å². The molecule has 0 atom stereocenters. The normalized spacial score (nSPS) is 25.4. The molecule has 0 saturated heterocycles. The standard InChI is InChI=1S/C12H24N2O3/c1-12(2,3)17-11(15)14-10-6-4-9(5-7-10)8-16-13/h9-10H,4-8,13H2,1-3H3,(H,14,15). The molecule has 0 aromatic rings. The summed E-state index contributed by atoms with van der Waals surface area (Å²) in [6.07, 6.45) is 3.69. The molecule has 1 rings (SSSR count). The molecule has 0 aliphatic heterocycles. The van der Waals surface area contributed by atoms with Gasteiger partial charge in [0.25, 0.3) is 0 Å². The van der Waals surface area contributed by atoms with Gasteiger partial charge in [-0.25, -0.2) is 10.7 Å². The Morgan fingerprint density at radius 2 is 1.88 bits per heavy atom. The second kappa shape index (κ2) is 6.21. The number of carbonyl (C=O) groups is 1. The maximum Gasteiger partial charge on any atom is 0.407 e. The predicted octanol–water partition coefficient (Wildman–Crippen LogP) is 1.96. The van der Waals surface area contributed by atoms with E-state index >= 15 is 0 Å². The van der Waals surface area contributed by atoms with Gasteiger partial charge < -0.3 is 14.9 Å². The van der Waals surface area contributed by atoms with Crippen LogP contribution in [0.2, 0.25) is 0 Å². The van der Waals surface area contributed by atoms with Gasteiger partial charge in [0.15, 0.2) is 0 Å². The maximum absolute atomic E-state index is 11.6. The number of hydrogen-bond donors (Lipinski definition) is 2. The SMILES string of the molecule is CC(C)(C)OC(=O)NC1CCC(CON)CC1. The van der Waals surface area contributed by atoms with Crippen LogP contribution in [0.15, 0.2) is 0 Å². The second-order valence-corrected chi connectivity index (χ2v) is 5.70. The van der Waals surface area contributed by atoms with Gasteiger partial charge in [-0.05, 0) is 52.4 Å². The molecule has 0 radical (unpaired) electrons. The summed E-state index contributed by atoms with van der Waals surface area (Å²) < 4.78 is 5.22. The van der Waals surface area contributed by atoms with Gasteiger partial charge in [0.1, 0.15) is 5.60 Å². The lowest BCUT2D eigenvalue weighted by Crippen LogP contribution is -2.41. The molecule has 0 unspecified atom stereocenters. The molecule has 0 heterocycles. The van der Waals surface area contributed by atoms with Crippen molar-refractivity contribution >= 4 is 6.09 Å². The van der Waals surface area contributed by atoms with Gasteiger partial charge >= 0.3 is 6.09 Å². The minimum absolute atomic E-state index is 0.221. The Morgan fingerprint density at radius 3 is 2.35 bits per heavy atom. The second-order valence-electron chi connectivity index (χ2n) is 5.70. The van der Waals surface area contributed by atoms with Gasteiger partial charge in [0.2, 0.25) is 0 Å². The smallest absolute Gasteiger partial charge is 0.407 e. The Labute approximate surface area is 103 Å². The Morgan fingerprint density at radius 1 is 1.29 bits per heavy atom. The average Bonchev–Trinajstić information content (AvgIpc) is 2.18. The molecular formula is C12H24N2O3. The van der Waals surface area contributed by atoms with Crippen LogP contribution in [0.25, 0.3) is 0 Å². The van der Waals surface area contributed by atoms with E-state index in [1.165, 1.54) is 0 Å². The molecular weight excluding hydrogens is 220 g/mol. The van der Waals surface area contributed by atoms with Crippen LogP contribution in [-0.4, -0.2) is 24.3 Å². The Balaban J connectivity index is 2.24. The van der Waals surface area contributed by atoms with E-state index in [0.29, 0.717) is 12.5 Å². The summed E-state index contributed by atoms with van der Waals surface area (Å²) in [6, 6.07) is 0.221. The molecule has 5 nitrogen and oxygen atoms in total. The zero-order chi connectivity index (χ0) is 12.9. The van der Waals surface area contributed by atoms with Gasteiger partial charge in [0.05, 0.1) is 6.61 Å². The third-order valence-corrected chi connectivity index (χ3v) is 2.90. The highest BCUT2D eigenvalue weighted by molar-refractivity contribution is 5.68. The van der Waals surface area contributed by atoms with Crippen molar-refractivity contribution in [1.82, 2.24) is 5.32 Å². The molecule has 1 fully saturated rings. The lowest BCUT2D eigenvalue weighted by molar-refractivity contribution is 0.0463. The third kappa shape index (κ3) is 5.89. The number of nitrogens with one attached hydrogen (secondary N) is 1. The average molecular weight is 244 g/mol. The number of ether oxygens (including phenoxy) is 1. The predicted molar refractivity (Wildman–Crippen MR) is 65.3 cm³/mol. The van der Waals surface area contributed by atoms with E-state index in [9.17, 15) is 4.79 Å². The number of hydrogen-bond acceptors (Lipinski definition) is 4. The molecule has 0 spiro atoms. The summed E-state index contributed by atoms with van der Waals surface area (Å²) in [5.41, 5.74) is -0.436. The van der Waals surface area contributed by atoms with Crippen molar-refractivity contribution in [3.63, 3.8) is 0 Å². The van der Waals surface area contributed by atoms with Gasteiger partial charge in [-0.1, -0.05) is 0 Å². The summed E-state index contributed by atoms with van der Waals surface area (Å²) in [6.45, 7) is 6.20. The summed E-state index contributed by atoms with van der Waals surface area (Å²) in [4.78, 5) is 16.2. The first kappa shape index (κ1) is 14.3. The summed E-state index contributed by atoms with van der Waals surface area (Å²) in [7, 11) is 0. The van der Waals surface area contributed by atoms with E-state index in [4.69, 9.17) is 10.6 Å². The van der Waals surface area contributed by atoms with Crippen molar-refractivity contribution in [1.29, 1.82) is 0 Å². The zero-order valence-electron chi connectivity index (χ0n) is 11.0. The van der Waals surface area contributed by atoms with Crippen LogP contribution in [-0.2, 0) is 9.57 Å². The van der Waals surface area contributed by atoms with E-state index in [1.54, 1.807) is 0 Å². The molecule has 100 valence electrons. The van der Waals surface area contributed by atoms with Crippen molar-refractivity contribution in [3.8, 4) is 0 Å². The number of rotatable bonds is 3. The molecule has 0 aromatic carbocycles. The molecule has 1 aliphatic carbocycles. The zero-order valence-corrected chi connectivity index (χ0v) is 11.0. The summed E-state index contributed by atoms with van der Waals surface area (Å²) >= 11 is 0. The van der Waals surface area contributed by atoms with E-state index < -0.39 is 5.60 Å². The molecule has 0 bridgehead atoms. The quantitative estimate of drug-likeness (QED) is 0.744. The Hall–Kier alpha value is -0.810. The van der Waals surface area contributed by atoms with E-state index in [-0.39, 0.29) is 12.1 Å². The Bertz CT molecular complexity index is 243. The topological polar surface area (TPSA) is 73.6 Å². The molecule has 0 aromatic heterocycles. The minimum Gasteiger partial charge on any atom is -0.444 e. The van der Waals surface area contributed by atoms with Crippen LogP contribution in [0.4, 0.5) is 4.79 Å². The van der Waals surface area contributed by atoms with Crippen LogP contribution < -0.4 is 11.2 Å². The molecule has 5 heteroatoms. The summed E-state index contributed by atoms with van der Waals surface area (Å²) in [5.74, 6) is 5.58. The first-order valence-electron chi connectivity index (χ1n) is 6.22. The lowest BCUT2D eigenvalue weighted by Gasteiger charge is -2.29. The Kier molecular flexibility index (Phi) is 5.21. The number of nitrogens with two attached hydrogens (primary N) is 1. The minimum atomic E-state index is -0.436. The molecule has 1 aliphatic rings. The first-order valence-corrected chi connectivity index (χ1v) is 6.22. The number of carbonyl (C=O) groups excluding carboxylic acids is 1. The van der Waals surface area contributed by atoms with Crippen molar-refractivity contribution in [2.24, 2.45) is 11.8 Å². The molecule has 1 saturated carbocycles. The number of alkyl carbamates (subject to hydrolysis) is 1. The van der Waals surface area contributed by atoms with E-state index in [1.807, 2.05) is 20.8 Å². The molecule has 3 N–H and O–H groups in total. The third-order valence-electron chi connectivity index (χ3n) is 2.90. The van der Waals surface area contributed by atoms with Crippen LogP contribution in [0.3, 0.4) is 0 Å². The summed E-state index contributed by atoms with van der Waals surface area (Å²) in [5, 5.41) is 2.90. The van der Waals surface area contributed by atoms with Gasteiger partial charge in [-0.2, -0.15) is 0 Å². The fraction of sp³-hybridized carbons (Fsp3) is 0.917. The molecule has 1 amide bonds. The van der Waals surface area contributed by atoms with Crippen molar-refractivity contribution in [2.45, 2.75) is 58.1 Å². The lowest BCUT2D eigenvalue weighted by atomic mass is 9.87. The highest BCUT2D eigenvalue weighted by atomic mass is 16.6. The fourth-order valence-corrected chi connectivity index (χ4v) is 2.08. The van der Waals surface area contributed by atoms with Crippen molar-refractivity contribution < 1.29 is 14.4 Å². The van der Waals surface area contributed by atoms with Crippen LogP contribution in [0, 0.1) is 5.92 Å². The van der Waals surface area contributed by atoms with E-state index in [0.717, 1.165) is 25.7 Å². The van der Waals surface area contributed by atoms with Crippen LogP contribution >= 0.6 is 0 Å². The maximum atomic E-state index is 11.6. The van der Waals surface area contributed by atoms with Crippen LogP contribution in [0.1, 0.15) is 46.5 Å². The number of amides is 1. The van der Waals surface area contributed by atoms with Gasteiger partial charge in [0, 0.05) is 6.04 Å². The highest BCUT2D eigenvalue weighted by Gasteiger charge is 2.24. The largest absolute Gasteiger partial charge is 0.444 e. The van der Waals surface area contributed by atoms with Crippen LogP contribution in [0.5, 0.6) is 0 Å². The van der Waals surface area contributed by atoms with Crippen molar-refractivity contribution in [3.05, 3.63) is 0 Å². The van der Waals surface area contributed by atoms with E-state index in [2.05, 4.69) is 10.2 Å². The fourth-order valence-electron chi connectivity index (χ4n) is 2.08. The monoisotopic (exact) mass is 244 g/mol. The van der Waals surface area contributed by atoms with Crippen molar-refractivity contribution in [2.75, 3.05) is 6.61 Å². The van der Waals surface area contributed by atoms with Gasteiger partial charge in [-0.3, -0.25) is 0 Å². The highest BCUT2D eigenvalue weighted by Crippen LogP contribution is 2.24. The first-order chi connectivity index (χ1) is 7.90. The molecule has 17 heavy (non-hydrogen) atoms.